The molecule has 64 valence electrons. The Morgan fingerprint density at radius 2 is 2.09 bits per heavy atom. The summed E-state index contributed by atoms with van der Waals surface area (Å²) in [4.78, 5) is 0. The quantitative estimate of drug-likeness (QED) is 0.547. The van der Waals surface area contributed by atoms with Crippen molar-refractivity contribution < 1.29 is 4.58 Å². The number of hydrogen-bond donors (Lipinski definition) is 0. The molecule has 0 aromatic rings. The minimum atomic E-state index is 1.29. The largest absolute Gasteiger partial charge is 0.237 e. The van der Waals surface area contributed by atoms with E-state index in [-0.39, 0.29) is 0 Å². The van der Waals surface area contributed by atoms with Crippen LogP contribution in [0.3, 0.4) is 0 Å². The molecule has 1 rings (SSSR count). The molecule has 0 bridgehead atoms. The highest BCUT2D eigenvalue weighted by atomic mass is 15.0. The summed E-state index contributed by atoms with van der Waals surface area (Å²) in [6.45, 7) is 7.15. The fourth-order valence-electron chi connectivity index (χ4n) is 1.90. The first-order valence-corrected chi connectivity index (χ1v) is 4.98. The van der Waals surface area contributed by atoms with Crippen LogP contribution in [0.15, 0.2) is 0 Å². The van der Waals surface area contributed by atoms with Gasteiger partial charge in [0.25, 0.3) is 0 Å². The molecule has 1 heterocycles. The van der Waals surface area contributed by atoms with Crippen LogP contribution in [0.5, 0.6) is 0 Å². The molecule has 0 atom stereocenters. The van der Waals surface area contributed by atoms with Crippen LogP contribution in [0.1, 0.15) is 46.0 Å². The first-order valence-electron chi connectivity index (χ1n) is 4.98. The van der Waals surface area contributed by atoms with E-state index in [1.165, 1.54) is 45.2 Å². The Balaban J connectivity index is 2.47. The predicted molar refractivity (Wildman–Crippen MR) is 49.4 cm³/mol. The van der Waals surface area contributed by atoms with Crippen molar-refractivity contribution in [3.05, 3.63) is 0 Å². The summed E-state index contributed by atoms with van der Waals surface area (Å²) in [5.41, 5.74) is 1.72. The minimum absolute atomic E-state index is 1.29. The number of hydrogen-bond acceptors (Lipinski definition) is 0. The van der Waals surface area contributed by atoms with Crippen molar-refractivity contribution in [2.75, 3.05) is 13.1 Å². The monoisotopic (exact) mass is 154 g/mol. The van der Waals surface area contributed by atoms with Crippen molar-refractivity contribution >= 4 is 5.71 Å². The molecule has 11 heavy (non-hydrogen) atoms. The Morgan fingerprint density at radius 1 is 1.27 bits per heavy atom. The van der Waals surface area contributed by atoms with E-state index in [1.807, 2.05) is 0 Å². The van der Waals surface area contributed by atoms with Crippen LogP contribution in [0, 0.1) is 0 Å². The molecule has 0 N–H and O–H groups in total. The molecule has 0 spiro atoms. The lowest BCUT2D eigenvalue weighted by Gasteiger charge is -1.98. The van der Waals surface area contributed by atoms with Gasteiger partial charge in [-0.2, -0.15) is 0 Å². The Morgan fingerprint density at radius 3 is 2.73 bits per heavy atom. The summed E-state index contributed by atoms with van der Waals surface area (Å²) >= 11 is 0. The summed E-state index contributed by atoms with van der Waals surface area (Å²) in [5, 5.41) is 0. The van der Waals surface area contributed by atoms with E-state index in [0.29, 0.717) is 0 Å². The van der Waals surface area contributed by atoms with Crippen molar-refractivity contribution in [3.8, 4) is 0 Å². The summed E-state index contributed by atoms with van der Waals surface area (Å²) in [6, 6.07) is 0. The van der Waals surface area contributed by atoms with E-state index in [0.717, 1.165) is 0 Å². The fourth-order valence-corrected chi connectivity index (χ4v) is 1.90. The Kier molecular flexibility index (Phi) is 3.61. The normalized spacial score (nSPS) is 18.0. The molecule has 1 aliphatic heterocycles. The van der Waals surface area contributed by atoms with Crippen LogP contribution in [0.25, 0.3) is 0 Å². The van der Waals surface area contributed by atoms with E-state index < -0.39 is 0 Å². The summed E-state index contributed by atoms with van der Waals surface area (Å²) < 4.78 is 2.59. The van der Waals surface area contributed by atoms with Gasteiger partial charge in [0.05, 0.1) is 0 Å². The van der Waals surface area contributed by atoms with Gasteiger partial charge in [-0.15, -0.1) is 0 Å². The molecule has 1 heteroatoms. The van der Waals surface area contributed by atoms with Crippen molar-refractivity contribution in [3.63, 3.8) is 0 Å². The van der Waals surface area contributed by atoms with E-state index >= 15 is 0 Å². The topological polar surface area (TPSA) is 3.01 Å². The second kappa shape index (κ2) is 4.53. The minimum Gasteiger partial charge on any atom is -0.237 e. The molecule has 0 aliphatic carbocycles. The average Bonchev–Trinajstić information content (AvgIpc) is 2.39. The van der Waals surface area contributed by atoms with Gasteiger partial charge in [0.1, 0.15) is 13.1 Å². The molecular formula is C10H20N+. The molecule has 1 nitrogen and oxygen atoms in total. The highest BCUT2D eigenvalue weighted by Crippen LogP contribution is 2.09. The SMILES string of the molecule is CCCC1=[N+](CCC)CCC1. The van der Waals surface area contributed by atoms with Crippen LogP contribution < -0.4 is 0 Å². The molecule has 0 aromatic heterocycles. The van der Waals surface area contributed by atoms with Crippen LogP contribution in [-0.2, 0) is 0 Å². The lowest BCUT2D eigenvalue weighted by Crippen LogP contribution is -2.15. The van der Waals surface area contributed by atoms with Crippen LogP contribution in [0.2, 0.25) is 0 Å². The maximum Gasteiger partial charge on any atom is 0.152 e. The third-order valence-corrected chi connectivity index (χ3v) is 2.37. The first kappa shape index (κ1) is 8.76. The van der Waals surface area contributed by atoms with Gasteiger partial charge in [0.15, 0.2) is 5.71 Å². The second-order valence-electron chi connectivity index (χ2n) is 3.41. The van der Waals surface area contributed by atoms with Crippen LogP contribution in [-0.4, -0.2) is 23.4 Å². The van der Waals surface area contributed by atoms with Gasteiger partial charge >= 0.3 is 0 Å². The summed E-state index contributed by atoms with van der Waals surface area (Å²) in [7, 11) is 0. The van der Waals surface area contributed by atoms with Gasteiger partial charge in [-0.3, -0.25) is 0 Å². The zero-order chi connectivity index (χ0) is 8.10. The lowest BCUT2D eigenvalue weighted by molar-refractivity contribution is -0.521. The molecule has 1 aliphatic rings. The van der Waals surface area contributed by atoms with E-state index in [9.17, 15) is 0 Å². The molecule has 0 saturated heterocycles. The summed E-state index contributed by atoms with van der Waals surface area (Å²) in [6.07, 6.45) is 6.71. The highest BCUT2D eigenvalue weighted by Gasteiger charge is 2.19. The standard InChI is InChI=1S/C10H20N/c1-3-6-10-7-5-9-11(10)8-4-2/h3-9H2,1-2H3/q+1. The van der Waals surface area contributed by atoms with E-state index in [1.54, 1.807) is 5.71 Å². The average molecular weight is 154 g/mol. The lowest BCUT2D eigenvalue weighted by atomic mass is 10.1. The molecule has 0 aromatic carbocycles. The van der Waals surface area contributed by atoms with Gasteiger partial charge in [0.2, 0.25) is 0 Å². The van der Waals surface area contributed by atoms with Crippen molar-refractivity contribution in [2.24, 2.45) is 0 Å². The molecular weight excluding hydrogens is 134 g/mol. The van der Waals surface area contributed by atoms with Gasteiger partial charge < -0.3 is 0 Å². The molecule has 0 unspecified atom stereocenters. The zero-order valence-corrected chi connectivity index (χ0v) is 7.90. The highest BCUT2D eigenvalue weighted by molar-refractivity contribution is 5.80. The van der Waals surface area contributed by atoms with Gasteiger partial charge in [-0.05, 0) is 6.42 Å². The summed E-state index contributed by atoms with van der Waals surface area (Å²) in [5.74, 6) is 0. The van der Waals surface area contributed by atoms with Crippen LogP contribution >= 0.6 is 0 Å². The molecule has 0 saturated carbocycles. The van der Waals surface area contributed by atoms with E-state index in [4.69, 9.17) is 0 Å². The van der Waals surface area contributed by atoms with Gasteiger partial charge in [-0.25, -0.2) is 4.58 Å². The predicted octanol–water partition coefficient (Wildman–Crippen LogP) is 2.44. The maximum atomic E-state index is 2.59. The molecule has 0 radical (unpaired) electrons. The third-order valence-electron chi connectivity index (χ3n) is 2.37. The van der Waals surface area contributed by atoms with Crippen molar-refractivity contribution in [1.29, 1.82) is 0 Å². The third kappa shape index (κ3) is 2.32. The smallest absolute Gasteiger partial charge is 0.152 e. The Labute approximate surface area is 70.1 Å². The van der Waals surface area contributed by atoms with Crippen molar-refractivity contribution in [2.45, 2.75) is 46.0 Å². The Bertz CT molecular complexity index is 131. The Hall–Kier alpha value is -0.330. The number of nitrogens with zero attached hydrogens (tertiary/aromatic N) is 1. The van der Waals surface area contributed by atoms with Gasteiger partial charge in [0, 0.05) is 25.7 Å². The maximum absolute atomic E-state index is 2.59. The molecule has 0 fully saturated rings. The number of rotatable bonds is 4. The molecule has 0 amide bonds. The fraction of sp³-hybridized carbons (Fsp3) is 0.900. The van der Waals surface area contributed by atoms with Crippen molar-refractivity contribution in [1.82, 2.24) is 0 Å². The zero-order valence-electron chi connectivity index (χ0n) is 7.90. The van der Waals surface area contributed by atoms with E-state index in [2.05, 4.69) is 18.4 Å². The second-order valence-corrected chi connectivity index (χ2v) is 3.41. The van der Waals surface area contributed by atoms with Crippen LogP contribution in [0.4, 0.5) is 0 Å². The first-order chi connectivity index (χ1) is 5.38. The van der Waals surface area contributed by atoms with Gasteiger partial charge in [-0.1, -0.05) is 13.8 Å².